The molecule has 8 nitrogen and oxygen atoms in total. The second kappa shape index (κ2) is 9.11. The molecule has 2 aliphatic heterocycles. The first kappa shape index (κ1) is 22.8. The van der Waals surface area contributed by atoms with Gasteiger partial charge in [0, 0.05) is 19.6 Å². The molecule has 2 aliphatic rings. The Kier molecular flexibility index (Phi) is 6.94. The Morgan fingerprint density at radius 3 is 2.57 bits per heavy atom. The number of ether oxygens (including phenoxy) is 2. The topological polar surface area (TPSA) is 88.2 Å². The predicted octanol–water partition coefficient (Wildman–Crippen LogP) is 1.35. The fourth-order valence-electron chi connectivity index (χ4n) is 3.62. The monoisotopic (exact) mass is 439 g/mol. The van der Waals surface area contributed by atoms with Gasteiger partial charge in [0.2, 0.25) is 10.0 Å². The van der Waals surface area contributed by atoms with Crippen LogP contribution in [0.4, 0.5) is 5.69 Å². The van der Waals surface area contributed by atoms with Crippen LogP contribution in [0, 0.1) is 0 Å². The van der Waals surface area contributed by atoms with Gasteiger partial charge in [0.15, 0.2) is 6.10 Å². The highest BCUT2D eigenvalue weighted by Gasteiger charge is 2.35. The zero-order valence-electron chi connectivity index (χ0n) is 18.3. The highest BCUT2D eigenvalue weighted by atomic mass is 32.2. The molecule has 30 heavy (non-hydrogen) atoms. The molecule has 1 atom stereocenters. The maximum Gasteiger partial charge on any atom is 0.263 e. The molecule has 9 heteroatoms. The Labute approximate surface area is 179 Å². The second-order valence-corrected chi connectivity index (χ2v) is 10.8. The number of hydrogen-bond acceptors (Lipinski definition) is 6. The Morgan fingerprint density at radius 2 is 1.93 bits per heavy atom. The van der Waals surface area contributed by atoms with Crippen molar-refractivity contribution in [1.29, 1.82) is 0 Å². The number of nitrogens with one attached hydrogen (secondary N) is 1. The van der Waals surface area contributed by atoms with Crippen molar-refractivity contribution in [2.45, 2.75) is 38.7 Å². The third-order valence-electron chi connectivity index (χ3n) is 5.44. The first-order chi connectivity index (χ1) is 14.1. The van der Waals surface area contributed by atoms with Gasteiger partial charge in [-0.25, -0.2) is 8.42 Å². The summed E-state index contributed by atoms with van der Waals surface area (Å²) >= 11 is 0. The standard InChI is InChI=1S/C21H33N3O5S/c1-21(2,3)16-6-7-18-17(14-16)24(30(4,26)27)15-19(29-18)20(25)22-8-5-9-23-10-12-28-13-11-23/h6-7,14,19H,5,8-13,15H2,1-4H3,(H,22,25)/t19-/m1/s1. The van der Waals surface area contributed by atoms with Gasteiger partial charge in [0.25, 0.3) is 5.91 Å². The molecular weight excluding hydrogens is 406 g/mol. The molecule has 0 aliphatic carbocycles. The third-order valence-corrected chi connectivity index (χ3v) is 6.59. The lowest BCUT2D eigenvalue weighted by atomic mass is 9.86. The van der Waals surface area contributed by atoms with Gasteiger partial charge >= 0.3 is 0 Å². The van der Waals surface area contributed by atoms with E-state index in [1.54, 1.807) is 6.07 Å². The molecule has 0 unspecified atom stereocenters. The fraction of sp³-hybridized carbons (Fsp3) is 0.667. The summed E-state index contributed by atoms with van der Waals surface area (Å²) in [5.41, 5.74) is 1.36. The molecule has 1 saturated heterocycles. The van der Waals surface area contributed by atoms with E-state index in [2.05, 4.69) is 31.0 Å². The van der Waals surface area contributed by atoms with Crippen molar-refractivity contribution in [1.82, 2.24) is 10.2 Å². The second-order valence-electron chi connectivity index (χ2n) is 8.93. The molecule has 0 saturated carbocycles. The number of fused-ring (bicyclic) bond motifs is 1. The number of rotatable bonds is 6. The number of morpholine rings is 1. The van der Waals surface area contributed by atoms with E-state index in [1.807, 2.05) is 12.1 Å². The van der Waals surface area contributed by atoms with E-state index in [1.165, 1.54) is 4.31 Å². The Hall–Kier alpha value is -1.84. The number of sulfonamides is 1. The van der Waals surface area contributed by atoms with Crippen molar-refractivity contribution in [3.8, 4) is 5.75 Å². The van der Waals surface area contributed by atoms with Crippen molar-refractivity contribution in [3.63, 3.8) is 0 Å². The third kappa shape index (κ3) is 5.65. The number of anilines is 1. The Morgan fingerprint density at radius 1 is 1.23 bits per heavy atom. The largest absolute Gasteiger partial charge is 0.476 e. The van der Waals surface area contributed by atoms with Gasteiger partial charge in [-0.15, -0.1) is 0 Å². The highest BCUT2D eigenvalue weighted by molar-refractivity contribution is 7.92. The fourth-order valence-corrected chi connectivity index (χ4v) is 4.53. The van der Waals surface area contributed by atoms with Gasteiger partial charge in [-0.1, -0.05) is 26.8 Å². The van der Waals surface area contributed by atoms with Crippen LogP contribution in [0.1, 0.15) is 32.8 Å². The molecule has 1 N–H and O–H groups in total. The number of benzene rings is 1. The van der Waals surface area contributed by atoms with E-state index in [-0.39, 0.29) is 17.9 Å². The minimum atomic E-state index is -3.55. The van der Waals surface area contributed by atoms with Crippen molar-refractivity contribution < 1.29 is 22.7 Å². The molecule has 168 valence electrons. The Balaban J connectivity index is 1.65. The molecule has 1 aromatic carbocycles. The molecule has 0 radical (unpaired) electrons. The van der Waals surface area contributed by atoms with E-state index in [0.29, 0.717) is 18.0 Å². The molecule has 1 amide bonds. The number of amides is 1. The van der Waals surface area contributed by atoms with Gasteiger partial charge in [-0.05, 0) is 36.1 Å². The molecule has 1 aromatic rings. The van der Waals surface area contributed by atoms with Gasteiger partial charge < -0.3 is 14.8 Å². The van der Waals surface area contributed by atoms with Crippen LogP contribution in [-0.4, -0.2) is 77.5 Å². The van der Waals surface area contributed by atoms with Crippen LogP contribution in [0.2, 0.25) is 0 Å². The minimum Gasteiger partial charge on any atom is -0.476 e. The van der Waals surface area contributed by atoms with Crippen LogP contribution in [-0.2, 0) is 25.0 Å². The summed E-state index contributed by atoms with van der Waals surface area (Å²) in [4.78, 5) is 15.0. The van der Waals surface area contributed by atoms with Crippen LogP contribution in [0.25, 0.3) is 0 Å². The van der Waals surface area contributed by atoms with E-state index in [4.69, 9.17) is 9.47 Å². The molecule has 1 fully saturated rings. The Bertz CT molecular complexity index is 860. The molecular formula is C21H33N3O5S. The lowest BCUT2D eigenvalue weighted by Gasteiger charge is -2.35. The number of carbonyl (C=O) groups excluding carboxylic acids is 1. The molecule has 2 heterocycles. The van der Waals surface area contributed by atoms with Gasteiger partial charge in [0.1, 0.15) is 5.75 Å². The quantitative estimate of drug-likeness (QED) is 0.673. The average molecular weight is 440 g/mol. The number of carbonyl (C=O) groups is 1. The highest BCUT2D eigenvalue weighted by Crippen LogP contribution is 2.38. The van der Waals surface area contributed by atoms with Gasteiger partial charge in [-0.3, -0.25) is 14.0 Å². The first-order valence-electron chi connectivity index (χ1n) is 10.4. The van der Waals surface area contributed by atoms with Crippen molar-refractivity contribution in [2.75, 3.05) is 56.5 Å². The van der Waals surface area contributed by atoms with Crippen LogP contribution < -0.4 is 14.4 Å². The summed E-state index contributed by atoms with van der Waals surface area (Å²) in [7, 11) is -3.55. The van der Waals surface area contributed by atoms with E-state index in [0.717, 1.165) is 51.1 Å². The first-order valence-corrected chi connectivity index (χ1v) is 12.3. The summed E-state index contributed by atoms with van der Waals surface area (Å²) in [5.74, 6) is 0.115. The average Bonchev–Trinajstić information content (AvgIpc) is 2.69. The maximum absolute atomic E-state index is 12.7. The summed E-state index contributed by atoms with van der Waals surface area (Å²) in [5, 5.41) is 2.89. The molecule has 0 spiro atoms. The lowest BCUT2D eigenvalue weighted by Crippen LogP contribution is -2.50. The van der Waals surface area contributed by atoms with Crippen LogP contribution in [0.3, 0.4) is 0 Å². The summed E-state index contributed by atoms with van der Waals surface area (Å²) in [6.07, 6.45) is 1.10. The van der Waals surface area contributed by atoms with Crippen molar-refractivity contribution >= 4 is 21.6 Å². The molecule has 0 aromatic heterocycles. The normalized spacial score (nSPS) is 20.4. The summed E-state index contributed by atoms with van der Waals surface area (Å²) < 4.78 is 37.4. The molecule has 0 bridgehead atoms. The van der Waals surface area contributed by atoms with E-state index in [9.17, 15) is 13.2 Å². The molecule has 3 rings (SSSR count). The van der Waals surface area contributed by atoms with Gasteiger partial charge in [-0.2, -0.15) is 0 Å². The SMILES string of the molecule is CC(C)(C)c1ccc2c(c1)N(S(C)(=O)=O)C[C@H](C(=O)NCCCN1CCOCC1)O2. The van der Waals surface area contributed by atoms with E-state index < -0.39 is 16.1 Å². The zero-order valence-corrected chi connectivity index (χ0v) is 19.1. The van der Waals surface area contributed by atoms with Crippen LogP contribution in [0.15, 0.2) is 18.2 Å². The number of nitrogens with zero attached hydrogens (tertiary/aromatic N) is 2. The predicted molar refractivity (Wildman–Crippen MR) is 117 cm³/mol. The van der Waals surface area contributed by atoms with Crippen molar-refractivity contribution in [2.24, 2.45) is 0 Å². The summed E-state index contributed by atoms with van der Waals surface area (Å²) in [6.45, 7) is 10.9. The number of hydrogen-bond donors (Lipinski definition) is 1. The van der Waals surface area contributed by atoms with Crippen LogP contribution >= 0.6 is 0 Å². The maximum atomic E-state index is 12.7. The summed E-state index contributed by atoms with van der Waals surface area (Å²) in [6, 6.07) is 5.51. The van der Waals surface area contributed by atoms with Crippen LogP contribution in [0.5, 0.6) is 5.75 Å². The van der Waals surface area contributed by atoms with Crippen molar-refractivity contribution in [3.05, 3.63) is 23.8 Å². The van der Waals surface area contributed by atoms with E-state index >= 15 is 0 Å². The zero-order chi connectivity index (χ0) is 21.9. The smallest absolute Gasteiger partial charge is 0.263 e. The lowest BCUT2D eigenvalue weighted by molar-refractivity contribution is -0.127. The van der Waals surface area contributed by atoms with Gasteiger partial charge in [0.05, 0.1) is 31.7 Å². The minimum absolute atomic E-state index is 0.0330.